The highest BCUT2D eigenvalue weighted by Gasteiger charge is 1.95. The number of rotatable bonds is 6. The van der Waals surface area contributed by atoms with Gasteiger partial charge in [0.25, 0.3) is 0 Å². The highest BCUT2D eigenvalue weighted by Crippen LogP contribution is 1.96. The molecule has 0 aliphatic rings. The van der Waals surface area contributed by atoms with E-state index in [1.165, 1.54) is 4.90 Å². The van der Waals surface area contributed by atoms with Crippen LogP contribution >= 0.6 is 0 Å². The molecule has 0 radical (unpaired) electrons. The van der Waals surface area contributed by atoms with Gasteiger partial charge in [-0.3, -0.25) is 0 Å². The van der Waals surface area contributed by atoms with Crippen molar-refractivity contribution in [3.8, 4) is 6.07 Å². The highest BCUT2D eigenvalue weighted by molar-refractivity contribution is 4.70. The fraction of sp³-hybridized carbons (Fsp3) is 0.889. The van der Waals surface area contributed by atoms with E-state index in [0.717, 1.165) is 19.3 Å². The van der Waals surface area contributed by atoms with Crippen LogP contribution in [0.15, 0.2) is 0 Å². The summed E-state index contributed by atoms with van der Waals surface area (Å²) in [7, 11) is 0. The fourth-order valence-electron chi connectivity index (χ4n) is 0.849. The van der Waals surface area contributed by atoms with Crippen molar-refractivity contribution >= 4 is 0 Å². The van der Waals surface area contributed by atoms with Crippen LogP contribution < -0.4 is 0 Å². The third kappa shape index (κ3) is 7.35. The number of hydrogen-bond acceptors (Lipinski definition) is 2. The number of unbranched alkanes of at least 4 members (excludes halogenated alkanes) is 2. The molecule has 64 valence electrons. The van der Waals surface area contributed by atoms with Crippen LogP contribution in [0.5, 0.6) is 0 Å². The van der Waals surface area contributed by atoms with Crippen LogP contribution in [0.3, 0.4) is 0 Å². The summed E-state index contributed by atoms with van der Waals surface area (Å²) in [5.74, 6) is 0. The van der Waals surface area contributed by atoms with Crippen molar-refractivity contribution in [1.29, 1.82) is 5.26 Å². The molecule has 11 heavy (non-hydrogen) atoms. The predicted molar refractivity (Wildman–Crippen MR) is 47.3 cm³/mol. The molecule has 0 saturated heterocycles. The third-order valence-corrected chi connectivity index (χ3v) is 1.53. The summed E-state index contributed by atoms with van der Waals surface area (Å²) in [5, 5.41) is 8.39. The zero-order valence-electron chi connectivity index (χ0n) is 10.1. The molecule has 0 aromatic carbocycles. The van der Waals surface area contributed by atoms with Crippen LogP contribution in [-0.2, 0) is 0 Å². The van der Waals surface area contributed by atoms with E-state index in [1.54, 1.807) is 0 Å². The van der Waals surface area contributed by atoms with Crippen molar-refractivity contribution in [2.75, 3.05) is 20.1 Å². The molecule has 2 heteroatoms. The lowest BCUT2D eigenvalue weighted by Gasteiger charge is -2.13. The molecule has 0 aromatic heterocycles. The van der Waals surface area contributed by atoms with Gasteiger partial charge in [-0.15, -0.1) is 0 Å². The van der Waals surface area contributed by atoms with E-state index in [4.69, 9.17) is 9.37 Å². The molecule has 0 aliphatic carbocycles. The van der Waals surface area contributed by atoms with Crippen LogP contribution in [0.25, 0.3) is 0 Å². The summed E-state index contributed by atoms with van der Waals surface area (Å²) < 4.78 is 21.8. The summed E-state index contributed by atoms with van der Waals surface area (Å²) in [4.78, 5) is 1.41. The Morgan fingerprint density at radius 2 is 2.27 bits per heavy atom. The molecule has 0 unspecified atom stereocenters. The second-order valence-corrected chi connectivity index (χ2v) is 2.60. The molecule has 0 N–H and O–H groups in total. The zero-order chi connectivity index (χ0) is 11.0. The maximum absolute atomic E-state index is 8.39. The highest BCUT2D eigenvalue weighted by atomic mass is 15.1. The minimum atomic E-state index is -2.05. The molecule has 0 aliphatic heterocycles. The van der Waals surface area contributed by atoms with Crippen molar-refractivity contribution in [1.82, 2.24) is 4.90 Å². The maximum Gasteiger partial charge on any atom is 0.0635 e. The van der Waals surface area contributed by atoms with Crippen LogP contribution in [0, 0.1) is 11.3 Å². The van der Waals surface area contributed by atoms with Crippen LogP contribution in [0.4, 0.5) is 0 Å². The summed E-state index contributed by atoms with van der Waals surface area (Å²) in [6.07, 6.45) is 3.29. The maximum atomic E-state index is 8.39. The SMILES string of the molecule is [2H]C([2H])([2H])N(CCC#N)CCCCC. The van der Waals surface area contributed by atoms with Crippen LogP contribution in [-0.4, -0.2) is 25.0 Å². The summed E-state index contributed by atoms with van der Waals surface area (Å²) in [6.45, 7) is 0.933. The molecule has 0 rings (SSSR count). The Kier molecular flexibility index (Phi) is 4.14. The number of nitrogens with zero attached hydrogens (tertiary/aromatic N) is 2. The van der Waals surface area contributed by atoms with Crippen molar-refractivity contribution in [2.24, 2.45) is 0 Å². The standard InChI is InChI=1S/C9H18N2/c1-3-4-5-8-11(2)9-6-7-10/h3-6,8-9H2,1-2H3/i2D3. The summed E-state index contributed by atoms with van der Waals surface area (Å²) >= 11 is 0. The molecule has 0 bridgehead atoms. The molecular formula is C9H18N2. The van der Waals surface area contributed by atoms with Gasteiger partial charge in [0, 0.05) is 17.1 Å². The van der Waals surface area contributed by atoms with Gasteiger partial charge >= 0.3 is 0 Å². The van der Waals surface area contributed by atoms with E-state index in [-0.39, 0.29) is 6.42 Å². The summed E-state index contributed by atoms with van der Waals surface area (Å²) in [6, 6.07) is 1.97. The average Bonchev–Trinajstić information content (AvgIpc) is 2.09. The molecule has 0 spiro atoms. The van der Waals surface area contributed by atoms with Gasteiger partial charge < -0.3 is 4.90 Å². The Bertz CT molecular complexity index is 183. The Hall–Kier alpha value is -0.550. The van der Waals surface area contributed by atoms with E-state index in [9.17, 15) is 0 Å². The van der Waals surface area contributed by atoms with E-state index in [0.29, 0.717) is 13.1 Å². The van der Waals surface area contributed by atoms with Crippen molar-refractivity contribution in [3.63, 3.8) is 0 Å². The Balaban J connectivity index is 3.93. The van der Waals surface area contributed by atoms with Crippen LogP contribution in [0.2, 0.25) is 0 Å². The van der Waals surface area contributed by atoms with Gasteiger partial charge in [-0.2, -0.15) is 5.26 Å². The molecule has 2 nitrogen and oxygen atoms in total. The van der Waals surface area contributed by atoms with Crippen LogP contribution in [0.1, 0.15) is 36.7 Å². The largest absolute Gasteiger partial charge is 0.305 e. The number of nitriles is 1. The Labute approximate surface area is 74.0 Å². The molecule has 0 saturated carbocycles. The lowest BCUT2D eigenvalue weighted by Crippen LogP contribution is -2.20. The molecule has 0 amide bonds. The van der Waals surface area contributed by atoms with E-state index < -0.39 is 6.98 Å². The van der Waals surface area contributed by atoms with Crippen molar-refractivity contribution in [3.05, 3.63) is 0 Å². The minimum Gasteiger partial charge on any atom is -0.305 e. The lowest BCUT2D eigenvalue weighted by atomic mass is 10.2. The monoisotopic (exact) mass is 157 g/mol. The Morgan fingerprint density at radius 3 is 2.82 bits per heavy atom. The van der Waals surface area contributed by atoms with Gasteiger partial charge in [-0.25, -0.2) is 0 Å². The van der Waals surface area contributed by atoms with E-state index >= 15 is 0 Å². The average molecular weight is 157 g/mol. The first-order valence-electron chi connectivity index (χ1n) is 5.64. The first-order valence-corrected chi connectivity index (χ1v) is 4.14. The molecule has 0 atom stereocenters. The zero-order valence-corrected chi connectivity index (χ0v) is 7.14. The van der Waals surface area contributed by atoms with Crippen molar-refractivity contribution in [2.45, 2.75) is 32.6 Å². The second kappa shape index (κ2) is 7.56. The Morgan fingerprint density at radius 1 is 1.45 bits per heavy atom. The second-order valence-electron chi connectivity index (χ2n) is 2.60. The van der Waals surface area contributed by atoms with E-state index in [2.05, 4.69) is 6.92 Å². The smallest absolute Gasteiger partial charge is 0.0635 e. The van der Waals surface area contributed by atoms with Gasteiger partial charge in [0.2, 0.25) is 0 Å². The van der Waals surface area contributed by atoms with Gasteiger partial charge in [0.05, 0.1) is 6.07 Å². The first kappa shape index (κ1) is 6.02. The predicted octanol–water partition coefficient (Wildman–Crippen LogP) is 2.02. The van der Waals surface area contributed by atoms with Gasteiger partial charge in [0.15, 0.2) is 0 Å². The van der Waals surface area contributed by atoms with Gasteiger partial charge in [-0.1, -0.05) is 19.8 Å². The fourth-order valence-corrected chi connectivity index (χ4v) is 0.849. The quantitative estimate of drug-likeness (QED) is 0.551. The molecule has 0 aromatic rings. The molecule has 0 fully saturated rings. The van der Waals surface area contributed by atoms with E-state index in [1.807, 2.05) is 6.07 Å². The topological polar surface area (TPSA) is 27.0 Å². The molecule has 0 heterocycles. The minimum absolute atomic E-state index is 0.282. The molecular weight excluding hydrogens is 136 g/mol. The van der Waals surface area contributed by atoms with Gasteiger partial charge in [0.1, 0.15) is 0 Å². The third-order valence-electron chi connectivity index (χ3n) is 1.53. The normalized spacial score (nSPS) is 15.2. The number of hydrogen-bond donors (Lipinski definition) is 0. The lowest BCUT2D eigenvalue weighted by molar-refractivity contribution is 0.333. The van der Waals surface area contributed by atoms with Crippen molar-refractivity contribution < 1.29 is 4.11 Å². The van der Waals surface area contributed by atoms with Gasteiger partial charge in [-0.05, 0) is 19.9 Å². The first-order chi connectivity index (χ1) is 6.52. The summed E-state index contributed by atoms with van der Waals surface area (Å²) in [5.41, 5.74) is 0.